The molecule has 30 heavy (non-hydrogen) atoms. The van der Waals surface area contributed by atoms with Crippen LogP contribution in [-0.4, -0.2) is 29.6 Å². The molecule has 1 heterocycles. The highest BCUT2D eigenvalue weighted by Crippen LogP contribution is 2.30. The van der Waals surface area contributed by atoms with Gasteiger partial charge in [0, 0.05) is 6.61 Å². The van der Waals surface area contributed by atoms with Gasteiger partial charge in [-0.3, -0.25) is 14.9 Å². The lowest BCUT2D eigenvalue weighted by atomic mass is 10.0. The number of halogens is 3. The van der Waals surface area contributed by atoms with Crippen LogP contribution < -0.4 is 16.0 Å². The molecule has 4 N–H and O–H groups in total. The van der Waals surface area contributed by atoms with Gasteiger partial charge in [-0.1, -0.05) is 42.5 Å². The van der Waals surface area contributed by atoms with Gasteiger partial charge in [-0.15, -0.1) is 0 Å². The zero-order valence-electron chi connectivity index (χ0n) is 15.9. The molecule has 0 saturated carbocycles. The summed E-state index contributed by atoms with van der Waals surface area (Å²) in [6.07, 6.45) is -4.95. The van der Waals surface area contributed by atoms with E-state index < -0.39 is 35.9 Å². The first-order valence-electron chi connectivity index (χ1n) is 9.46. The normalized spacial score (nSPS) is 20.3. The molecule has 1 aliphatic heterocycles. The molecule has 0 radical (unpaired) electrons. The Hall–Kier alpha value is -2.91. The number of carbonyl (C=O) groups excluding carboxylic acids is 2. The van der Waals surface area contributed by atoms with Crippen LogP contribution in [0.5, 0.6) is 0 Å². The second-order valence-electron chi connectivity index (χ2n) is 7.03. The Morgan fingerprint density at radius 2 is 1.80 bits per heavy atom. The maximum absolute atomic E-state index is 12.8. The number of aliphatic hydroxyl groups is 1. The van der Waals surface area contributed by atoms with Crippen molar-refractivity contribution in [1.29, 1.82) is 0 Å². The Labute approximate surface area is 171 Å². The number of hydrogen-bond acceptors (Lipinski definition) is 4. The standard InChI is InChI=1S/C21H22F3N3O3/c22-21(23,24)15-8-6-13(7-9-15)16(10-11-28)26-20(30)17-12-18(29)27-19(25-17)14-4-2-1-3-5-14/h1-9,16-17,19,25,28H,10-12H2,(H,26,30)(H,27,29). The van der Waals surface area contributed by atoms with Gasteiger partial charge in [0.1, 0.15) is 6.17 Å². The summed E-state index contributed by atoms with van der Waals surface area (Å²) in [4.78, 5) is 24.9. The fourth-order valence-corrected chi connectivity index (χ4v) is 3.33. The maximum atomic E-state index is 12.8. The Kier molecular flexibility index (Phi) is 6.73. The van der Waals surface area contributed by atoms with Crippen LogP contribution in [0.1, 0.15) is 41.7 Å². The molecule has 2 aromatic carbocycles. The molecule has 0 spiro atoms. The summed E-state index contributed by atoms with van der Waals surface area (Å²) in [7, 11) is 0. The first-order chi connectivity index (χ1) is 14.3. The topological polar surface area (TPSA) is 90.5 Å². The number of alkyl halides is 3. The summed E-state index contributed by atoms with van der Waals surface area (Å²) in [6.45, 7) is -0.267. The Balaban J connectivity index is 1.72. The fourth-order valence-electron chi connectivity index (χ4n) is 3.33. The van der Waals surface area contributed by atoms with Crippen LogP contribution in [0, 0.1) is 0 Å². The summed E-state index contributed by atoms with van der Waals surface area (Å²) in [5.74, 6) is -0.764. The second kappa shape index (κ2) is 9.27. The van der Waals surface area contributed by atoms with Crippen LogP contribution >= 0.6 is 0 Å². The number of aliphatic hydroxyl groups excluding tert-OH is 1. The van der Waals surface area contributed by atoms with E-state index in [0.717, 1.165) is 17.7 Å². The van der Waals surface area contributed by atoms with Gasteiger partial charge in [0.15, 0.2) is 0 Å². The van der Waals surface area contributed by atoms with Crippen molar-refractivity contribution in [3.05, 3.63) is 71.3 Å². The third-order valence-electron chi connectivity index (χ3n) is 4.89. The molecule has 9 heteroatoms. The fraction of sp³-hybridized carbons (Fsp3) is 0.333. The number of rotatable bonds is 6. The summed E-state index contributed by atoms with van der Waals surface area (Å²) in [5, 5.41) is 17.9. The van der Waals surface area contributed by atoms with E-state index in [1.54, 1.807) is 0 Å². The molecule has 0 aromatic heterocycles. The lowest BCUT2D eigenvalue weighted by Gasteiger charge is -2.32. The van der Waals surface area contributed by atoms with Crippen LogP contribution in [-0.2, 0) is 15.8 Å². The summed E-state index contributed by atoms with van der Waals surface area (Å²) < 4.78 is 38.3. The molecule has 0 aliphatic carbocycles. The van der Waals surface area contributed by atoms with Gasteiger partial charge in [-0.25, -0.2) is 0 Å². The van der Waals surface area contributed by atoms with E-state index >= 15 is 0 Å². The average molecular weight is 421 g/mol. The zero-order valence-corrected chi connectivity index (χ0v) is 15.9. The summed E-state index contributed by atoms with van der Waals surface area (Å²) >= 11 is 0. The van der Waals surface area contributed by atoms with E-state index in [4.69, 9.17) is 0 Å². The van der Waals surface area contributed by atoms with E-state index in [-0.39, 0.29) is 25.4 Å². The quantitative estimate of drug-likeness (QED) is 0.577. The van der Waals surface area contributed by atoms with E-state index in [9.17, 15) is 27.9 Å². The minimum Gasteiger partial charge on any atom is -0.396 e. The molecular formula is C21H22F3N3O3. The molecule has 1 saturated heterocycles. The van der Waals surface area contributed by atoms with Crippen molar-refractivity contribution in [3.63, 3.8) is 0 Å². The number of benzene rings is 2. The lowest BCUT2D eigenvalue weighted by Crippen LogP contribution is -2.56. The first-order valence-corrected chi connectivity index (χ1v) is 9.46. The first kappa shape index (κ1) is 21.8. The van der Waals surface area contributed by atoms with Gasteiger partial charge in [0.2, 0.25) is 11.8 Å². The average Bonchev–Trinajstić information content (AvgIpc) is 2.73. The largest absolute Gasteiger partial charge is 0.416 e. The van der Waals surface area contributed by atoms with Crippen LogP contribution in [0.4, 0.5) is 13.2 Å². The van der Waals surface area contributed by atoms with Crippen molar-refractivity contribution in [2.24, 2.45) is 0 Å². The van der Waals surface area contributed by atoms with Gasteiger partial charge in [0.05, 0.1) is 24.1 Å². The Morgan fingerprint density at radius 1 is 1.13 bits per heavy atom. The molecule has 3 atom stereocenters. The number of hydrogen-bond donors (Lipinski definition) is 4. The summed E-state index contributed by atoms with van der Waals surface area (Å²) in [5.41, 5.74) is 0.430. The Morgan fingerprint density at radius 3 is 2.40 bits per heavy atom. The molecule has 1 fully saturated rings. The molecule has 2 aromatic rings. The van der Waals surface area contributed by atoms with Gasteiger partial charge in [-0.2, -0.15) is 13.2 Å². The smallest absolute Gasteiger partial charge is 0.396 e. The van der Waals surface area contributed by atoms with Crippen molar-refractivity contribution >= 4 is 11.8 Å². The predicted octanol–water partition coefficient (Wildman–Crippen LogP) is 2.42. The van der Waals surface area contributed by atoms with Crippen molar-refractivity contribution in [2.45, 2.75) is 37.3 Å². The third kappa shape index (κ3) is 5.37. The third-order valence-corrected chi connectivity index (χ3v) is 4.89. The number of amides is 2. The SMILES string of the molecule is O=C1CC(C(=O)NC(CCO)c2ccc(C(F)(F)F)cc2)NC(c2ccccc2)N1. The minimum absolute atomic E-state index is 0.0754. The molecule has 6 nitrogen and oxygen atoms in total. The van der Waals surface area contributed by atoms with Crippen molar-refractivity contribution in [3.8, 4) is 0 Å². The van der Waals surface area contributed by atoms with Crippen LogP contribution in [0.15, 0.2) is 54.6 Å². The van der Waals surface area contributed by atoms with Crippen LogP contribution in [0.25, 0.3) is 0 Å². The Bertz CT molecular complexity index is 873. The highest BCUT2D eigenvalue weighted by molar-refractivity contribution is 5.89. The lowest BCUT2D eigenvalue weighted by molar-refractivity contribution is -0.137. The molecule has 1 aliphatic rings. The van der Waals surface area contributed by atoms with Gasteiger partial charge < -0.3 is 15.7 Å². The van der Waals surface area contributed by atoms with Crippen LogP contribution in [0.2, 0.25) is 0 Å². The highest BCUT2D eigenvalue weighted by atomic mass is 19.4. The van der Waals surface area contributed by atoms with Gasteiger partial charge in [0.25, 0.3) is 0 Å². The van der Waals surface area contributed by atoms with E-state index in [2.05, 4.69) is 16.0 Å². The van der Waals surface area contributed by atoms with E-state index in [0.29, 0.717) is 5.56 Å². The monoisotopic (exact) mass is 421 g/mol. The predicted molar refractivity (Wildman–Crippen MR) is 103 cm³/mol. The van der Waals surface area contributed by atoms with Crippen LogP contribution in [0.3, 0.4) is 0 Å². The molecule has 3 unspecified atom stereocenters. The molecule has 160 valence electrons. The maximum Gasteiger partial charge on any atom is 0.416 e. The molecule has 2 amide bonds. The molecule has 0 bridgehead atoms. The van der Waals surface area contributed by atoms with Gasteiger partial charge >= 0.3 is 6.18 Å². The number of nitrogens with one attached hydrogen (secondary N) is 3. The van der Waals surface area contributed by atoms with E-state index in [1.165, 1.54) is 12.1 Å². The van der Waals surface area contributed by atoms with Crippen molar-refractivity contribution in [1.82, 2.24) is 16.0 Å². The van der Waals surface area contributed by atoms with Crippen molar-refractivity contribution in [2.75, 3.05) is 6.61 Å². The van der Waals surface area contributed by atoms with Gasteiger partial charge in [-0.05, 0) is 29.7 Å². The summed E-state index contributed by atoms with van der Waals surface area (Å²) in [6, 6.07) is 12.0. The molecular weight excluding hydrogens is 399 g/mol. The molecule has 3 rings (SSSR count). The van der Waals surface area contributed by atoms with Crippen molar-refractivity contribution < 1.29 is 27.9 Å². The number of carbonyl (C=O) groups is 2. The van der Waals surface area contributed by atoms with E-state index in [1.807, 2.05) is 30.3 Å². The minimum atomic E-state index is -4.46. The highest BCUT2D eigenvalue weighted by Gasteiger charge is 2.33. The second-order valence-corrected chi connectivity index (χ2v) is 7.03. The zero-order chi connectivity index (χ0) is 21.7.